The SMILES string of the molecule is CC(C)C[C@H](NC(=O)OC(C)(C)C)C(=O)N[C@H](CCCCN=O)C(=O)NCC(=O)NCC(=O)OC(=NC1CCCCC1)NC1CCCCC1. The summed E-state index contributed by atoms with van der Waals surface area (Å²) < 4.78 is 10.9. The van der Waals surface area contributed by atoms with Crippen LogP contribution in [-0.2, 0) is 28.7 Å². The molecule has 0 heterocycles. The minimum Gasteiger partial charge on any atom is -0.444 e. The van der Waals surface area contributed by atoms with E-state index in [1.807, 2.05) is 13.8 Å². The van der Waals surface area contributed by atoms with Gasteiger partial charge in [-0.15, -0.1) is 0 Å². The molecule has 2 aliphatic rings. The van der Waals surface area contributed by atoms with Gasteiger partial charge in [0.2, 0.25) is 17.7 Å². The number of hydrogen-bond acceptors (Lipinski definition) is 10. The highest BCUT2D eigenvalue weighted by molar-refractivity contribution is 5.94. The van der Waals surface area contributed by atoms with Crippen molar-refractivity contribution in [3.05, 3.63) is 4.91 Å². The smallest absolute Gasteiger partial charge is 0.408 e. The van der Waals surface area contributed by atoms with Crippen LogP contribution in [0.15, 0.2) is 10.2 Å². The van der Waals surface area contributed by atoms with Gasteiger partial charge >= 0.3 is 12.1 Å². The molecule has 0 radical (unpaired) electrons. The van der Waals surface area contributed by atoms with E-state index in [1.54, 1.807) is 20.8 Å². The van der Waals surface area contributed by atoms with Crippen molar-refractivity contribution >= 4 is 35.8 Å². The number of hydrogen-bond donors (Lipinski definition) is 5. The first kappa shape index (κ1) is 41.4. The zero-order chi connectivity index (χ0) is 36.2. The Morgan fingerprint density at radius 3 is 2.06 bits per heavy atom. The second-order valence-electron chi connectivity index (χ2n) is 14.4. The van der Waals surface area contributed by atoms with Gasteiger partial charge < -0.3 is 36.1 Å². The van der Waals surface area contributed by atoms with Gasteiger partial charge in [0.25, 0.3) is 6.02 Å². The molecule has 2 fully saturated rings. The Kier molecular flexibility index (Phi) is 18.6. The van der Waals surface area contributed by atoms with E-state index in [0.717, 1.165) is 51.4 Å². The first-order chi connectivity index (χ1) is 23.3. The van der Waals surface area contributed by atoms with Crippen molar-refractivity contribution in [3.8, 4) is 0 Å². The van der Waals surface area contributed by atoms with Crippen LogP contribution in [-0.4, -0.2) is 85.2 Å². The molecule has 4 amide bonds. The van der Waals surface area contributed by atoms with Crippen LogP contribution in [0.2, 0.25) is 0 Å². The molecule has 15 nitrogen and oxygen atoms in total. The van der Waals surface area contributed by atoms with Crippen molar-refractivity contribution in [1.29, 1.82) is 0 Å². The number of carbonyl (C=O) groups excluding carboxylic acids is 5. The Balaban J connectivity index is 1.95. The molecule has 0 aliphatic heterocycles. The van der Waals surface area contributed by atoms with Gasteiger partial charge in [0, 0.05) is 6.04 Å². The average molecular weight is 694 g/mol. The largest absolute Gasteiger partial charge is 0.444 e. The molecule has 5 N–H and O–H groups in total. The maximum atomic E-state index is 13.3. The van der Waals surface area contributed by atoms with Crippen LogP contribution >= 0.6 is 0 Å². The van der Waals surface area contributed by atoms with Gasteiger partial charge in [0.05, 0.1) is 19.1 Å². The number of alkyl carbamates (subject to hydrolysis) is 1. The molecule has 0 unspecified atom stereocenters. The molecule has 2 rings (SSSR count). The van der Waals surface area contributed by atoms with Crippen LogP contribution in [0.5, 0.6) is 0 Å². The van der Waals surface area contributed by atoms with Crippen LogP contribution in [0, 0.1) is 10.8 Å². The van der Waals surface area contributed by atoms with Crippen LogP contribution in [0.3, 0.4) is 0 Å². The molecule has 2 atom stereocenters. The fraction of sp³-hybridized carbons (Fsp3) is 0.824. The number of rotatable bonds is 17. The molecule has 278 valence electrons. The Morgan fingerprint density at radius 1 is 0.796 bits per heavy atom. The summed E-state index contributed by atoms with van der Waals surface area (Å²) in [5.74, 6) is -2.50. The van der Waals surface area contributed by atoms with E-state index in [0.29, 0.717) is 12.8 Å². The third kappa shape index (κ3) is 18.5. The number of esters is 1. The fourth-order valence-electron chi connectivity index (χ4n) is 5.78. The summed E-state index contributed by atoms with van der Waals surface area (Å²) in [4.78, 5) is 79.4. The monoisotopic (exact) mass is 693 g/mol. The van der Waals surface area contributed by atoms with Gasteiger partial charge in [-0.25, -0.2) is 14.6 Å². The predicted octanol–water partition coefficient (Wildman–Crippen LogP) is 3.73. The van der Waals surface area contributed by atoms with Gasteiger partial charge in [0.1, 0.15) is 24.2 Å². The summed E-state index contributed by atoms with van der Waals surface area (Å²) in [5, 5.41) is 16.4. The van der Waals surface area contributed by atoms with E-state index in [4.69, 9.17) is 14.5 Å². The van der Waals surface area contributed by atoms with E-state index >= 15 is 0 Å². The molecule has 0 bridgehead atoms. The van der Waals surface area contributed by atoms with Crippen molar-refractivity contribution in [2.45, 2.75) is 154 Å². The lowest BCUT2D eigenvalue weighted by molar-refractivity contribution is -0.137. The number of carbonyl (C=O) groups is 5. The molecular formula is C34H59N7O8. The fourth-order valence-corrected chi connectivity index (χ4v) is 5.78. The third-order valence-electron chi connectivity index (χ3n) is 8.21. The van der Waals surface area contributed by atoms with Crippen LogP contribution < -0.4 is 26.6 Å². The summed E-state index contributed by atoms with van der Waals surface area (Å²) in [6.45, 7) is 8.07. The van der Waals surface area contributed by atoms with Crippen molar-refractivity contribution in [3.63, 3.8) is 0 Å². The summed E-state index contributed by atoms with van der Waals surface area (Å²) >= 11 is 0. The van der Waals surface area contributed by atoms with Gasteiger partial charge in [0.15, 0.2) is 0 Å². The summed E-state index contributed by atoms with van der Waals surface area (Å²) in [6, 6.07) is -1.56. The third-order valence-corrected chi connectivity index (χ3v) is 8.21. The number of unbranched alkanes of at least 4 members (excludes halogenated alkanes) is 1. The molecule has 0 saturated heterocycles. The molecular weight excluding hydrogens is 634 g/mol. The van der Waals surface area contributed by atoms with Crippen molar-refractivity contribution in [2.75, 3.05) is 19.6 Å². The lowest BCUT2D eigenvalue weighted by Crippen LogP contribution is -2.55. The Labute approximate surface area is 290 Å². The quantitative estimate of drug-likeness (QED) is 0.0494. The number of ether oxygens (including phenoxy) is 2. The number of amidine groups is 1. The zero-order valence-electron chi connectivity index (χ0n) is 30.1. The number of amides is 4. The van der Waals surface area contributed by atoms with Crippen LogP contribution in [0.25, 0.3) is 0 Å². The minimum absolute atomic E-state index is 0.0321. The van der Waals surface area contributed by atoms with Gasteiger partial charge in [-0.1, -0.05) is 57.5 Å². The first-order valence-electron chi connectivity index (χ1n) is 17.9. The maximum Gasteiger partial charge on any atom is 0.408 e. The van der Waals surface area contributed by atoms with Crippen LogP contribution in [0.4, 0.5) is 4.79 Å². The molecule has 0 aromatic rings. The lowest BCUT2D eigenvalue weighted by atomic mass is 9.95. The first-order valence-corrected chi connectivity index (χ1v) is 17.9. The summed E-state index contributed by atoms with van der Waals surface area (Å²) in [5.41, 5.74) is -0.772. The average Bonchev–Trinajstić information content (AvgIpc) is 3.03. The predicted molar refractivity (Wildman–Crippen MR) is 185 cm³/mol. The van der Waals surface area contributed by atoms with Crippen molar-refractivity contribution < 1.29 is 33.4 Å². The summed E-state index contributed by atoms with van der Waals surface area (Å²) in [6.07, 6.45) is 11.1. The highest BCUT2D eigenvalue weighted by Gasteiger charge is 2.29. The van der Waals surface area contributed by atoms with Crippen LogP contribution in [0.1, 0.15) is 125 Å². The standard InChI is InChI=1S/C34H59N7O8/c1-23(2)20-27(41-33(46)49-34(3,4)5)31(45)40-26(18-12-13-19-37-47)30(44)36-21-28(42)35-22-29(43)48-32(38-24-14-8-6-9-15-24)39-25-16-10-7-11-17-25/h23-27H,6-22H2,1-5H3,(H,35,42)(H,36,44)(H,38,39)(H,40,45)(H,41,46)/t26-,27+/m1/s1. The second-order valence-corrected chi connectivity index (χ2v) is 14.4. The Bertz CT molecular complexity index is 1110. The highest BCUT2D eigenvalue weighted by Crippen LogP contribution is 2.21. The van der Waals surface area contributed by atoms with Crippen molar-refractivity contribution in [1.82, 2.24) is 26.6 Å². The van der Waals surface area contributed by atoms with Crippen molar-refractivity contribution in [2.24, 2.45) is 16.1 Å². The second kappa shape index (κ2) is 22.0. The molecule has 2 aliphatic carbocycles. The van der Waals surface area contributed by atoms with Gasteiger partial charge in [-0.05, 0) is 78.1 Å². The maximum absolute atomic E-state index is 13.3. The lowest BCUT2D eigenvalue weighted by Gasteiger charge is -2.26. The minimum atomic E-state index is -1.06. The molecule has 0 spiro atoms. The van der Waals surface area contributed by atoms with E-state index in [9.17, 15) is 28.9 Å². The van der Waals surface area contributed by atoms with Gasteiger partial charge in [-0.2, -0.15) is 4.91 Å². The highest BCUT2D eigenvalue weighted by atomic mass is 16.6. The number of nitrogens with zero attached hydrogens (tertiary/aromatic N) is 2. The molecule has 2 saturated carbocycles. The number of aliphatic imine (C=N–C) groups is 1. The zero-order valence-corrected chi connectivity index (χ0v) is 30.1. The topological polar surface area (TPSA) is 206 Å². The van der Waals surface area contributed by atoms with E-state index in [-0.39, 0.29) is 43.4 Å². The van der Waals surface area contributed by atoms with E-state index < -0.39 is 60.6 Å². The summed E-state index contributed by atoms with van der Waals surface area (Å²) in [7, 11) is 0. The molecule has 0 aromatic carbocycles. The Morgan fingerprint density at radius 2 is 1.45 bits per heavy atom. The Hall–Kier alpha value is -3.78. The number of nitroso groups, excluding NO2 is 1. The molecule has 0 aromatic heterocycles. The van der Waals surface area contributed by atoms with E-state index in [2.05, 4.69) is 31.8 Å². The number of nitrogens with one attached hydrogen (secondary N) is 5. The normalized spacial score (nSPS) is 17.3. The van der Waals surface area contributed by atoms with E-state index in [1.165, 1.54) is 12.8 Å². The molecule has 49 heavy (non-hydrogen) atoms. The van der Waals surface area contributed by atoms with Gasteiger partial charge in [-0.3, -0.25) is 14.4 Å². The molecule has 15 heteroatoms.